The summed E-state index contributed by atoms with van der Waals surface area (Å²) in [5.74, 6) is -0.490. The van der Waals surface area contributed by atoms with Gasteiger partial charge in [-0.25, -0.2) is 4.79 Å². The fourth-order valence-corrected chi connectivity index (χ4v) is 5.29. The number of Topliss-reactive ketones (excluding diaryl/α,β-unsaturated/α-hetero) is 1. The molecule has 1 aliphatic carbocycles. The summed E-state index contributed by atoms with van der Waals surface area (Å²) in [6, 6.07) is 9.81. The minimum Gasteiger partial charge on any atom is -0.479 e. The average Bonchev–Trinajstić information content (AvgIpc) is 3.17. The van der Waals surface area contributed by atoms with Crippen molar-refractivity contribution < 1.29 is 33.9 Å². The smallest absolute Gasteiger partial charge is 0.479 e. The van der Waals surface area contributed by atoms with Crippen LogP contribution in [0.25, 0.3) is 0 Å². The Labute approximate surface area is 201 Å². The Balaban J connectivity index is 1.92. The molecule has 184 valence electrons. The van der Waals surface area contributed by atoms with Crippen LogP contribution in [0.4, 0.5) is 10.5 Å². The molecule has 1 amide bonds. The van der Waals surface area contributed by atoms with Gasteiger partial charge in [-0.15, -0.1) is 0 Å². The van der Waals surface area contributed by atoms with E-state index in [9.17, 15) is 24.5 Å². The second-order valence-corrected chi connectivity index (χ2v) is 9.13. The van der Waals surface area contributed by atoms with Crippen molar-refractivity contribution in [2.24, 2.45) is 0 Å². The number of carbonyl (C=O) groups is 3. The summed E-state index contributed by atoms with van der Waals surface area (Å²) in [5.41, 5.74) is -1.86. The number of fused-ring (bicyclic) bond motifs is 5. The topological polar surface area (TPSA) is 145 Å². The molecule has 0 radical (unpaired) electrons. The van der Waals surface area contributed by atoms with Gasteiger partial charge in [0.15, 0.2) is 11.1 Å². The van der Waals surface area contributed by atoms with Crippen LogP contribution in [0.15, 0.2) is 36.4 Å². The third-order valence-corrected chi connectivity index (χ3v) is 6.72. The van der Waals surface area contributed by atoms with Gasteiger partial charge in [-0.2, -0.15) is 0 Å². The van der Waals surface area contributed by atoms with E-state index in [0.717, 1.165) is 5.56 Å². The molecule has 1 aliphatic heterocycles. The highest BCUT2D eigenvalue weighted by Crippen LogP contribution is 2.62. The molecular formula is C25H26N2O8. The molecule has 0 fully saturated rings. The van der Waals surface area contributed by atoms with Crippen molar-refractivity contribution in [2.75, 3.05) is 6.61 Å². The number of ketones is 1. The maximum Gasteiger partial charge on any atom is 0.505 e. The number of unbranched alkanes of at least 4 members (excludes halogenated alkanes) is 1. The zero-order valence-corrected chi connectivity index (χ0v) is 19.6. The van der Waals surface area contributed by atoms with Crippen LogP contribution < -0.4 is 10.1 Å². The second-order valence-electron chi connectivity index (χ2n) is 9.13. The van der Waals surface area contributed by atoms with Crippen molar-refractivity contribution in [1.82, 2.24) is 5.32 Å². The first-order valence-electron chi connectivity index (χ1n) is 11.4. The molecule has 0 aromatic heterocycles. The number of rotatable bonds is 8. The maximum atomic E-state index is 14.1. The zero-order chi connectivity index (χ0) is 25.5. The van der Waals surface area contributed by atoms with E-state index in [4.69, 9.17) is 9.84 Å². The van der Waals surface area contributed by atoms with Crippen LogP contribution in [0, 0.1) is 10.1 Å². The molecule has 10 heteroatoms. The minimum atomic E-state index is -1.70. The molecule has 2 aliphatic rings. The quantitative estimate of drug-likeness (QED) is 0.244. The van der Waals surface area contributed by atoms with Gasteiger partial charge in [-0.1, -0.05) is 38.1 Å². The van der Waals surface area contributed by atoms with E-state index in [1.54, 1.807) is 12.1 Å². The Kier molecular flexibility index (Phi) is 6.00. The van der Waals surface area contributed by atoms with Gasteiger partial charge >= 0.3 is 6.16 Å². The van der Waals surface area contributed by atoms with Gasteiger partial charge in [0, 0.05) is 24.1 Å². The van der Waals surface area contributed by atoms with Gasteiger partial charge in [0.2, 0.25) is 11.7 Å². The average molecular weight is 482 g/mol. The summed E-state index contributed by atoms with van der Waals surface area (Å²) in [5, 5.41) is 23.4. The van der Waals surface area contributed by atoms with Crippen LogP contribution in [0.5, 0.6) is 5.75 Å². The number of nitro groups is 1. The largest absolute Gasteiger partial charge is 0.505 e. The third kappa shape index (κ3) is 3.60. The van der Waals surface area contributed by atoms with Crippen molar-refractivity contribution in [3.63, 3.8) is 0 Å². The van der Waals surface area contributed by atoms with Crippen molar-refractivity contribution >= 4 is 23.5 Å². The molecule has 35 heavy (non-hydrogen) atoms. The normalized spacial score (nSPS) is 21.7. The number of nitro benzene ring substituents is 1. The predicted octanol–water partition coefficient (Wildman–Crippen LogP) is 4.40. The van der Waals surface area contributed by atoms with E-state index in [1.165, 1.54) is 19.1 Å². The maximum absolute atomic E-state index is 14.1. The number of benzene rings is 2. The molecule has 0 spiro atoms. The van der Waals surface area contributed by atoms with E-state index in [-0.39, 0.29) is 30.2 Å². The van der Waals surface area contributed by atoms with E-state index >= 15 is 0 Å². The van der Waals surface area contributed by atoms with Crippen LogP contribution >= 0.6 is 0 Å². The Hall–Kier alpha value is -3.95. The first-order chi connectivity index (χ1) is 16.5. The minimum absolute atomic E-state index is 0.0568. The lowest BCUT2D eigenvalue weighted by atomic mass is 9.73. The lowest BCUT2D eigenvalue weighted by molar-refractivity contribution is -0.385. The standard InChI is InChI=1S/C25H26N2O8/c1-14(2)16-9-10-17-20(13-16)35-24(11-4-5-12-34-23(30)31)18-7-6-8-19(27(32)33)21(18)22(29)25(17,24)26-15(3)28/h6-10,13-14H,4-5,11-12H2,1-3H3,(H,26,28)(H,30,31). The van der Waals surface area contributed by atoms with Gasteiger partial charge in [0.05, 0.1) is 11.5 Å². The number of hydrogen-bond donors (Lipinski definition) is 2. The number of carbonyl (C=O) groups excluding carboxylic acids is 2. The van der Waals surface area contributed by atoms with Crippen LogP contribution in [0.1, 0.15) is 73.0 Å². The molecular weight excluding hydrogens is 456 g/mol. The Morgan fingerprint density at radius 3 is 2.57 bits per heavy atom. The first-order valence-corrected chi connectivity index (χ1v) is 11.4. The molecule has 10 nitrogen and oxygen atoms in total. The highest BCUT2D eigenvalue weighted by molar-refractivity contribution is 6.14. The molecule has 2 atom stereocenters. The van der Waals surface area contributed by atoms with E-state index in [0.29, 0.717) is 29.7 Å². The van der Waals surface area contributed by atoms with Gasteiger partial charge in [0.25, 0.3) is 5.69 Å². The summed E-state index contributed by atoms with van der Waals surface area (Å²) >= 11 is 0. The zero-order valence-electron chi connectivity index (χ0n) is 19.6. The monoisotopic (exact) mass is 482 g/mol. The van der Waals surface area contributed by atoms with Crippen molar-refractivity contribution in [3.05, 3.63) is 68.8 Å². The van der Waals surface area contributed by atoms with E-state index < -0.39 is 33.9 Å². The molecule has 1 heterocycles. The van der Waals surface area contributed by atoms with Crippen molar-refractivity contribution in [3.8, 4) is 5.75 Å². The number of carboxylic acid groups (broad SMARTS) is 1. The van der Waals surface area contributed by atoms with Gasteiger partial charge in [-0.3, -0.25) is 19.7 Å². The summed E-state index contributed by atoms with van der Waals surface area (Å²) in [4.78, 5) is 48.6. The summed E-state index contributed by atoms with van der Waals surface area (Å²) in [6.45, 7) is 5.26. The molecule has 2 unspecified atom stereocenters. The molecule has 0 bridgehead atoms. The number of nitrogens with zero attached hydrogens (tertiary/aromatic N) is 1. The Morgan fingerprint density at radius 1 is 1.20 bits per heavy atom. The highest BCUT2D eigenvalue weighted by atomic mass is 16.7. The Bertz CT molecular complexity index is 1240. The van der Waals surface area contributed by atoms with Gasteiger partial charge < -0.3 is 19.9 Å². The predicted molar refractivity (Wildman–Crippen MR) is 124 cm³/mol. The molecule has 2 aromatic carbocycles. The first kappa shape index (κ1) is 24.2. The fourth-order valence-electron chi connectivity index (χ4n) is 5.29. The number of hydrogen-bond acceptors (Lipinski definition) is 7. The van der Waals surface area contributed by atoms with Crippen LogP contribution in [-0.4, -0.2) is 34.5 Å². The van der Waals surface area contributed by atoms with Crippen molar-refractivity contribution in [1.29, 1.82) is 0 Å². The SMILES string of the molecule is CC(=O)NC12C(=O)c3c([N+](=O)[O-])cccc3C1(CCCCOC(=O)O)Oc1cc(C(C)C)ccc12. The lowest BCUT2D eigenvalue weighted by Gasteiger charge is -2.39. The summed E-state index contributed by atoms with van der Waals surface area (Å²) in [7, 11) is 0. The molecule has 0 saturated carbocycles. The lowest BCUT2D eigenvalue weighted by Crippen LogP contribution is -2.59. The number of ether oxygens (including phenoxy) is 2. The molecule has 2 N–H and O–H groups in total. The van der Waals surface area contributed by atoms with Crippen molar-refractivity contribution in [2.45, 2.75) is 57.1 Å². The second kappa shape index (κ2) is 8.68. The number of amides is 1. The summed E-state index contributed by atoms with van der Waals surface area (Å²) < 4.78 is 11.2. The highest BCUT2D eigenvalue weighted by Gasteiger charge is 2.72. The van der Waals surface area contributed by atoms with Crippen LogP contribution in [0.2, 0.25) is 0 Å². The number of nitrogens with one attached hydrogen (secondary N) is 1. The van der Waals surface area contributed by atoms with Gasteiger partial charge in [0.1, 0.15) is 11.3 Å². The fraction of sp³-hybridized carbons (Fsp3) is 0.400. The van der Waals surface area contributed by atoms with E-state index in [1.807, 2.05) is 26.0 Å². The van der Waals surface area contributed by atoms with Gasteiger partial charge in [-0.05, 0) is 36.8 Å². The third-order valence-electron chi connectivity index (χ3n) is 6.72. The van der Waals surface area contributed by atoms with E-state index in [2.05, 4.69) is 10.1 Å². The van der Waals surface area contributed by atoms with Crippen LogP contribution in [-0.2, 0) is 20.7 Å². The molecule has 0 saturated heterocycles. The molecule has 2 aromatic rings. The molecule has 4 rings (SSSR count). The summed E-state index contributed by atoms with van der Waals surface area (Å²) in [6.07, 6.45) is -0.505. The van der Waals surface area contributed by atoms with Crippen LogP contribution in [0.3, 0.4) is 0 Å². The Morgan fingerprint density at radius 2 is 1.94 bits per heavy atom.